The Balaban J connectivity index is 1.67. The van der Waals surface area contributed by atoms with Gasteiger partial charge in [-0.3, -0.25) is 9.36 Å². The van der Waals surface area contributed by atoms with Gasteiger partial charge in [0.05, 0.1) is 5.75 Å². The molecule has 3 aromatic carbocycles. The summed E-state index contributed by atoms with van der Waals surface area (Å²) in [5.74, 6) is -0.184. The second-order valence-corrected chi connectivity index (χ2v) is 8.36. The quantitative estimate of drug-likeness (QED) is 0.215. The SMILES string of the molecule is O=C(CSc1nnc(-c2ccc(Cl)cc2)n1-c1ccc(Cl)cc1)c1ccc(O)c(O)c1. The van der Waals surface area contributed by atoms with Crippen LogP contribution >= 0.6 is 35.0 Å². The number of thioether (sulfide) groups is 1. The molecule has 0 aliphatic heterocycles. The first-order valence-corrected chi connectivity index (χ1v) is 10.8. The number of benzene rings is 3. The number of carbonyl (C=O) groups excluding carboxylic acids is 1. The number of Topliss-reactive ketones (excluding diaryl/α,β-unsaturated/α-hetero) is 1. The summed E-state index contributed by atoms with van der Waals surface area (Å²) < 4.78 is 1.84. The fourth-order valence-corrected chi connectivity index (χ4v) is 3.98. The van der Waals surface area contributed by atoms with Crippen LogP contribution < -0.4 is 0 Å². The van der Waals surface area contributed by atoms with E-state index in [2.05, 4.69) is 10.2 Å². The van der Waals surface area contributed by atoms with E-state index in [1.807, 2.05) is 28.8 Å². The van der Waals surface area contributed by atoms with Gasteiger partial charge in [-0.25, -0.2) is 0 Å². The molecule has 9 heteroatoms. The lowest BCUT2D eigenvalue weighted by atomic mass is 10.1. The number of halogens is 2. The lowest BCUT2D eigenvalue weighted by Gasteiger charge is -2.10. The molecule has 0 saturated heterocycles. The van der Waals surface area contributed by atoms with Crippen LogP contribution in [-0.2, 0) is 0 Å². The summed E-state index contributed by atoms with van der Waals surface area (Å²) in [4.78, 5) is 12.6. The van der Waals surface area contributed by atoms with E-state index in [0.29, 0.717) is 26.6 Å². The molecule has 0 bridgehead atoms. The predicted molar refractivity (Wildman–Crippen MR) is 122 cm³/mol. The molecule has 4 aromatic rings. The number of aromatic nitrogens is 3. The van der Waals surface area contributed by atoms with Crippen molar-refractivity contribution >= 4 is 40.7 Å². The van der Waals surface area contributed by atoms with Crippen molar-refractivity contribution in [3.63, 3.8) is 0 Å². The van der Waals surface area contributed by atoms with Crippen LogP contribution in [-0.4, -0.2) is 36.5 Å². The summed E-state index contributed by atoms with van der Waals surface area (Å²) >= 11 is 13.3. The zero-order chi connectivity index (χ0) is 22.0. The Morgan fingerprint density at radius 1 is 0.871 bits per heavy atom. The Morgan fingerprint density at radius 3 is 2.16 bits per heavy atom. The molecule has 0 radical (unpaired) electrons. The topological polar surface area (TPSA) is 88.2 Å². The van der Waals surface area contributed by atoms with Gasteiger partial charge in [-0.1, -0.05) is 35.0 Å². The van der Waals surface area contributed by atoms with Gasteiger partial charge in [0.15, 0.2) is 28.3 Å². The Hall–Kier alpha value is -3.00. The highest BCUT2D eigenvalue weighted by Crippen LogP contribution is 2.30. The van der Waals surface area contributed by atoms with Crippen LogP contribution in [0.2, 0.25) is 10.0 Å². The minimum absolute atomic E-state index is 0.0660. The minimum Gasteiger partial charge on any atom is -0.504 e. The number of nitrogens with zero attached hydrogens (tertiary/aromatic N) is 3. The van der Waals surface area contributed by atoms with Crippen LogP contribution in [0.1, 0.15) is 10.4 Å². The number of aromatic hydroxyl groups is 2. The molecular formula is C22H15Cl2N3O3S. The summed E-state index contributed by atoms with van der Waals surface area (Å²) in [7, 11) is 0. The first-order valence-electron chi connectivity index (χ1n) is 9.07. The van der Waals surface area contributed by atoms with E-state index in [4.69, 9.17) is 23.2 Å². The van der Waals surface area contributed by atoms with Crippen molar-refractivity contribution in [3.8, 4) is 28.6 Å². The molecule has 0 atom stereocenters. The second-order valence-electron chi connectivity index (χ2n) is 6.54. The Bertz CT molecular complexity index is 1240. The van der Waals surface area contributed by atoms with Crippen molar-refractivity contribution in [3.05, 3.63) is 82.3 Å². The normalized spacial score (nSPS) is 10.9. The van der Waals surface area contributed by atoms with Crippen LogP contribution in [0.3, 0.4) is 0 Å². The Labute approximate surface area is 192 Å². The first-order chi connectivity index (χ1) is 14.9. The average molecular weight is 472 g/mol. The summed E-state index contributed by atoms with van der Waals surface area (Å²) in [6.45, 7) is 0. The van der Waals surface area contributed by atoms with Gasteiger partial charge in [0.2, 0.25) is 0 Å². The molecule has 0 amide bonds. The average Bonchev–Trinajstić information content (AvgIpc) is 3.19. The lowest BCUT2D eigenvalue weighted by Crippen LogP contribution is -2.05. The fraction of sp³-hybridized carbons (Fsp3) is 0.0455. The van der Waals surface area contributed by atoms with Gasteiger partial charge in [0.1, 0.15) is 0 Å². The van der Waals surface area contributed by atoms with Crippen LogP contribution in [0.15, 0.2) is 71.9 Å². The minimum atomic E-state index is -0.342. The van der Waals surface area contributed by atoms with E-state index in [1.54, 1.807) is 24.3 Å². The molecule has 0 aliphatic rings. The molecule has 1 heterocycles. The third-order valence-corrected chi connectivity index (χ3v) is 5.88. The van der Waals surface area contributed by atoms with Crippen molar-refractivity contribution in [1.29, 1.82) is 0 Å². The van der Waals surface area contributed by atoms with Gasteiger partial charge in [0, 0.05) is 26.9 Å². The fourth-order valence-electron chi connectivity index (χ4n) is 2.88. The highest BCUT2D eigenvalue weighted by Gasteiger charge is 2.18. The van der Waals surface area contributed by atoms with Gasteiger partial charge in [-0.05, 0) is 66.7 Å². The molecule has 2 N–H and O–H groups in total. The number of ketones is 1. The van der Waals surface area contributed by atoms with Crippen molar-refractivity contribution in [2.24, 2.45) is 0 Å². The Morgan fingerprint density at radius 2 is 1.52 bits per heavy atom. The van der Waals surface area contributed by atoms with E-state index in [0.717, 1.165) is 11.3 Å². The van der Waals surface area contributed by atoms with Gasteiger partial charge in [0.25, 0.3) is 0 Å². The second kappa shape index (κ2) is 9.01. The van der Waals surface area contributed by atoms with E-state index in [1.165, 1.54) is 30.0 Å². The molecule has 6 nitrogen and oxygen atoms in total. The van der Waals surface area contributed by atoms with Crippen LogP contribution in [0.5, 0.6) is 11.5 Å². The standard InChI is InChI=1S/C22H15Cl2N3O3S/c23-15-4-1-13(2-5-15)21-25-26-22(27(21)17-8-6-16(24)7-9-17)31-12-20(30)14-3-10-18(28)19(29)11-14/h1-11,28-29H,12H2. The van der Waals surface area contributed by atoms with Crippen molar-refractivity contribution in [2.45, 2.75) is 5.16 Å². The maximum Gasteiger partial charge on any atom is 0.196 e. The molecule has 31 heavy (non-hydrogen) atoms. The van der Waals surface area contributed by atoms with Crippen molar-refractivity contribution < 1.29 is 15.0 Å². The van der Waals surface area contributed by atoms with E-state index in [-0.39, 0.29) is 23.0 Å². The van der Waals surface area contributed by atoms with Crippen LogP contribution in [0.25, 0.3) is 17.1 Å². The van der Waals surface area contributed by atoms with E-state index in [9.17, 15) is 15.0 Å². The summed E-state index contributed by atoms with van der Waals surface area (Å²) in [5, 5.41) is 29.4. The summed E-state index contributed by atoms with van der Waals surface area (Å²) in [5.41, 5.74) is 1.89. The number of carbonyl (C=O) groups is 1. The third-order valence-electron chi connectivity index (χ3n) is 4.45. The van der Waals surface area contributed by atoms with E-state index < -0.39 is 0 Å². The smallest absolute Gasteiger partial charge is 0.196 e. The molecule has 156 valence electrons. The van der Waals surface area contributed by atoms with Crippen molar-refractivity contribution in [1.82, 2.24) is 14.8 Å². The lowest BCUT2D eigenvalue weighted by molar-refractivity contribution is 0.102. The summed E-state index contributed by atoms with van der Waals surface area (Å²) in [6.07, 6.45) is 0. The van der Waals surface area contributed by atoms with Gasteiger partial charge in [-0.2, -0.15) is 0 Å². The molecule has 0 fully saturated rings. The maximum absolute atomic E-state index is 12.6. The van der Waals surface area contributed by atoms with E-state index >= 15 is 0 Å². The number of hydrogen-bond donors (Lipinski definition) is 2. The molecule has 0 saturated carbocycles. The Kier molecular flexibility index (Phi) is 6.18. The summed E-state index contributed by atoms with van der Waals surface area (Å²) in [6, 6.07) is 18.4. The van der Waals surface area contributed by atoms with Crippen LogP contribution in [0, 0.1) is 0 Å². The number of phenolic OH excluding ortho intramolecular Hbond substituents is 2. The third kappa shape index (κ3) is 4.69. The van der Waals surface area contributed by atoms with Gasteiger partial charge < -0.3 is 10.2 Å². The number of hydrogen-bond acceptors (Lipinski definition) is 6. The predicted octanol–water partition coefficient (Wildman–Crippen LogP) is 5.63. The highest BCUT2D eigenvalue weighted by atomic mass is 35.5. The number of rotatable bonds is 6. The highest BCUT2D eigenvalue weighted by molar-refractivity contribution is 7.99. The molecule has 1 aromatic heterocycles. The maximum atomic E-state index is 12.6. The molecule has 0 aliphatic carbocycles. The molecule has 0 unspecified atom stereocenters. The van der Waals surface area contributed by atoms with Gasteiger partial charge >= 0.3 is 0 Å². The zero-order valence-electron chi connectivity index (χ0n) is 15.9. The molecular weight excluding hydrogens is 457 g/mol. The molecule has 4 rings (SSSR count). The molecule has 0 spiro atoms. The monoisotopic (exact) mass is 471 g/mol. The van der Waals surface area contributed by atoms with Crippen LogP contribution in [0.4, 0.5) is 0 Å². The zero-order valence-corrected chi connectivity index (χ0v) is 18.2. The van der Waals surface area contributed by atoms with Gasteiger partial charge in [-0.15, -0.1) is 10.2 Å². The number of phenols is 2. The van der Waals surface area contributed by atoms with Crippen molar-refractivity contribution in [2.75, 3.05) is 5.75 Å². The first kappa shape index (κ1) is 21.2. The largest absolute Gasteiger partial charge is 0.504 e.